The van der Waals surface area contributed by atoms with E-state index in [2.05, 4.69) is 50.4 Å². The summed E-state index contributed by atoms with van der Waals surface area (Å²) in [6.45, 7) is 7.02. The molecule has 1 saturated heterocycles. The van der Waals surface area contributed by atoms with E-state index in [0.29, 0.717) is 12.2 Å². The predicted octanol–water partition coefficient (Wildman–Crippen LogP) is 3.76. The van der Waals surface area contributed by atoms with Gasteiger partial charge < -0.3 is 15.0 Å². The standard InChI is InChI=1S/C25H30N4O2S/c1-31-23-11-6-5-10-21(23)25-27-22(19-32-25)24(30)26-12-7-13-28-14-16-29(17-15-28)18-20-8-3-2-4-9-20/h2-6,8-11,19H,7,12-18H2,1H3,(H,26,30). The van der Waals surface area contributed by atoms with Gasteiger partial charge in [-0.3, -0.25) is 9.69 Å². The summed E-state index contributed by atoms with van der Waals surface area (Å²) in [5.74, 6) is 0.646. The highest BCUT2D eigenvalue weighted by atomic mass is 32.1. The lowest BCUT2D eigenvalue weighted by atomic mass is 10.2. The number of ether oxygens (including phenoxy) is 1. The number of hydrogen-bond donors (Lipinski definition) is 1. The van der Waals surface area contributed by atoms with E-state index in [1.807, 2.05) is 29.6 Å². The van der Waals surface area contributed by atoms with Crippen LogP contribution in [-0.4, -0.2) is 67.1 Å². The molecule has 6 nitrogen and oxygen atoms in total. The number of amides is 1. The first-order chi connectivity index (χ1) is 15.7. The van der Waals surface area contributed by atoms with Crippen LogP contribution >= 0.6 is 11.3 Å². The highest BCUT2D eigenvalue weighted by Gasteiger charge is 2.17. The van der Waals surface area contributed by atoms with Crippen molar-refractivity contribution in [3.63, 3.8) is 0 Å². The van der Waals surface area contributed by atoms with Crippen LogP contribution in [0, 0.1) is 0 Å². The number of hydrogen-bond acceptors (Lipinski definition) is 6. The zero-order chi connectivity index (χ0) is 22.2. The Kier molecular flexibility index (Phi) is 7.87. The number of piperazine rings is 1. The SMILES string of the molecule is COc1ccccc1-c1nc(C(=O)NCCCN2CCN(Cc3ccccc3)CC2)cs1. The second-order valence-corrected chi connectivity index (χ2v) is 8.81. The lowest BCUT2D eigenvalue weighted by Gasteiger charge is -2.34. The zero-order valence-electron chi connectivity index (χ0n) is 18.5. The molecule has 7 heteroatoms. The van der Waals surface area contributed by atoms with Crippen molar-refractivity contribution in [3.05, 3.63) is 71.2 Å². The monoisotopic (exact) mass is 450 g/mol. The van der Waals surface area contributed by atoms with Crippen molar-refractivity contribution in [2.24, 2.45) is 0 Å². The summed E-state index contributed by atoms with van der Waals surface area (Å²) in [5.41, 5.74) is 2.75. The Hall–Kier alpha value is -2.74. The largest absolute Gasteiger partial charge is 0.496 e. The summed E-state index contributed by atoms with van der Waals surface area (Å²) in [4.78, 5) is 22.0. The van der Waals surface area contributed by atoms with E-state index in [4.69, 9.17) is 4.74 Å². The molecule has 3 aromatic rings. The van der Waals surface area contributed by atoms with Crippen LogP contribution in [0.5, 0.6) is 5.75 Å². The molecule has 0 unspecified atom stereocenters. The molecule has 0 aliphatic carbocycles. The molecule has 0 radical (unpaired) electrons. The predicted molar refractivity (Wildman–Crippen MR) is 129 cm³/mol. The molecule has 0 bridgehead atoms. The van der Waals surface area contributed by atoms with E-state index < -0.39 is 0 Å². The average molecular weight is 451 g/mol. The van der Waals surface area contributed by atoms with Gasteiger partial charge in [0, 0.05) is 44.6 Å². The minimum absolute atomic E-state index is 0.116. The maximum Gasteiger partial charge on any atom is 0.270 e. The molecule has 0 saturated carbocycles. The van der Waals surface area contributed by atoms with Gasteiger partial charge in [0.05, 0.1) is 12.7 Å². The molecular weight excluding hydrogens is 420 g/mol. The molecule has 0 atom stereocenters. The maximum absolute atomic E-state index is 12.5. The number of nitrogens with zero attached hydrogens (tertiary/aromatic N) is 3. The molecule has 168 valence electrons. The van der Waals surface area contributed by atoms with Crippen LogP contribution < -0.4 is 10.1 Å². The summed E-state index contributed by atoms with van der Waals surface area (Å²) >= 11 is 1.46. The van der Waals surface area contributed by atoms with Gasteiger partial charge >= 0.3 is 0 Å². The molecule has 32 heavy (non-hydrogen) atoms. The van der Waals surface area contributed by atoms with Gasteiger partial charge in [-0.1, -0.05) is 42.5 Å². The van der Waals surface area contributed by atoms with Crippen LogP contribution in [0.3, 0.4) is 0 Å². The molecule has 4 rings (SSSR count). The number of nitrogens with one attached hydrogen (secondary N) is 1. The minimum atomic E-state index is -0.116. The molecule has 1 N–H and O–H groups in total. The third-order valence-corrected chi connectivity index (χ3v) is 6.60. The Morgan fingerprint density at radius 1 is 1.03 bits per heavy atom. The Labute approximate surface area is 193 Å². The second kappa shape index (κ2) is 11.2. The number of carbonyl (C=O) groups excluding carboxylic acids is 1. The van der Waals surface area contributed by atoms with Crippen LogP contribution in [0.15, 0.2) is 60.0 Å². The Balaban J connectivity index is 1.17. The number of benzene rings is 2. The first-order valence-corrected chi connectivity index (χ1v) is 12.0. The van der Waals surface area contributed by atoms with Crippen molar-refractivity contribution >= 4 is 17.2 Å². The number of aromatic nitrogens is 1. The van der Waals surface area contributed by atoms with Gasteiger partial charge in [0.25, 0.3) is 5.91 Å². The first kappa shape index (κ1) is 22.5. The van der Waals surface area contributed by atoms with E-state index in [9.17, 15) is 4.79 Å². The summed E-state index contributed by atoms with van der Waals surface area (Å²) in [7, 11) is 1.64. The lowest BCUT2D eigenvalue weighted by molar-refractivity contribution is 0.0943. The molecule has 1 amide bonds. The fraction of sp³-hybridized carbons (Fsp3) is 0.360. The number of rotatable bonds is 9. The fourth-order valence-electron chi connectivity index (χ4n) is 3.93. The molecule has 2 heterocycles. The Morgan fingerprint density at radius 2 is 1.75 bits per heavy atom. The van der Waals surface area contributed by atoms with E-state index in [-0.39, 0.29) is 5.91 Å². The van der Waals surface area contributed by atoms with Gasteiger partial charge in [-0.05, 0) is 30.7 Å². The van der Waals surface area contributed by atoms with Crippen molar-refractivity contribution in [2.75, 3.05) is 46.4 Å². The highest BCUT2D eigenvalue weighted by Crippen LogP contribution is 2.31. The van der Waals surface area contributed by atoms with E-state index in [1.165, 1.54) is 16.9 Å². The fourth-order valence-corrected chi connectivity index (χ4v) is 4.76. The quantitative estimate of drug-likeness (QED) is 0.503. The van der Waals surface area contributed by atoms with Crippen LogP contribution in [0.4, 0.5) is 0 Å². The molecular formula is C25H30N4O2S. The molecule has 1 aromatic heterocycles. The van der Waals surface area contributed by atoms with Crippen LogP contribution in [0.2, 0.25) is 0 Å². The van der Waals surface area contributed by atoms with Gasteiger partial charge in [-0.15, -0.1) is 11.3 Å². The topological polar surface area (TPSA) is 57.7 Å². The Bertz CT molecular complexity index is 1000. The van der Waals surface area contributed by atoms with Crippen LogP contribution in [0.25, 0.3) is 10.6 Å². The van der Waals surface area contributed by atoms with Crippen molar-refractivity contribution < 1.29 is 9.53 Å². The molecule has 0 spiro atoms. The summed E-state index contributed by atoms with van der Waals surface area (Å²) in [6, 6.07) is 18.4. The summed E-state index contributed by atoms with van der Waals surface area (Å²) in [5, 5.41) is 5.61. The van der Waals surface area contributed by atoms with Gasteiger partial charge in [-0.2, -0.15) is 0 Å². The molecule has 2 aromatic carbocycles. The van der Waals surface area contributed by atoms with Gasteiger partial charge in [0.1, 0.15) is 16.5 Å². The number of methoxy groups -OCH3 is 1. The van der Waals surface area contributed by atoms with Gasteiger partial charge in [0.15, 0.2) is 0 Å². The average Bonchev–Trinajstić information content (AvgIpc) is 3.34. The molecule has 1 aliphatic heterocycles. The van der Waals surface area contributed by atoms with E-state index >= 15 is 0 Å². The van der Waals surface area contributed by atoms with Crippen molar-refractivity contribution in [1.29, 1.82) is 0 Å². The van der Waals surface area contributed by atoms with Crippen LogP contribution in [0.1, 0.15) is 22.5 Å². The van der Waals surface area contributed by atoms with Crippen molar-refractivity contribution in [2.45, 2.75) is 13.0 Å². The van der Waals surface area contributed by atoms with Crippen molar-refractivity contribution in [3.8, 4) is 16.3 Å². The summed E-state index contributed by atoms with van der Waals surface area (Å²) in [6.07, 6.45) is 0.938. The Morgan fingerprint density at radius 3 is 2.53 bits per heavy atom. The first-order valence-electron chi connectivity index (χ1n) is 11.1. The van der Waals surface area contributed by atoms with Crippen LogP contribution in [-0.2, 0) is 6.54 Å². The number of carbonyl (C=O) groups is 1. The third kappa shape index (κ3) is 5.94. The maximum atomic E-state index is 12.5. The zero-order valence-corrected chi connectivity index (χ0v) is 19.3. The second-order valence-electron chi connectivity index (χ2n) is 7.95. The third-order valence-electron chi connectivity index (χ3n) is 5.72. The number of thiazole rings is 1. The summed E-state index contributed by atoms with van der Waals surface area (Å²) < 4.78 is 5.40. The van der Waals surface area contributed by atoms with Crippen molar-refractivity contribution in [1.82, 2.24) is 20.1 Å². The van der Waals surface area contributed by atoms with E-state index in [0.717, 1.165) is 62.0 Å². The minimum Gasteiger partial charge on any atom is -0.496 e. The van der Waals surface area contributed by atoms with Gasteiger partial charge in [0.2, 0.25) is 0 Å². The smallest absolute Gasteiger partial charge is 0.270 e. The highest BCUT2D eigenvalue weighted by molar-refractivity contribution is 7.13. The number of para-hydroxylation sites is 1. The molecule has 1 fully saturated rings. The van der Waals surface area contributed by atoms with E-state index in [1.54, 1.807) is 7.11 Å². The van der Waals surface area contributed by atoms with Gasteiger partial charge in [-0.25, -0.2) is 4.98 Å². The molecule has 1 aliphatic rings. The normalized spacial score (nSPS) is 14.9. The lowest BCUT2D eigenvalue weighted by Crippen LogP contribution is -2.46.